The number of rotatable bonds is 7. The van der Waals surface area contributed by atoms with Gasteiger partial charge in [-0.2, -0.15) is 0 Å². The van der Waals surface area contributed by atoms with Crippen LogP contribution < -0.4 is 0 Å². The number of hydrogen-bond donors (Lipinski definition) is 0. The fourth-order valence-corrected chi connectivity index (χ4v) is 8.98. The molecule has 0 aliphatic heterocycles. The third-order valence-corrected chi connectivity index (χ3v) is 11.8. The second-order valence-corrected chi connectivity index (χ2v) is 15.6. The van der Waals surface area contributed by atoms with Crippen LogP contribution in [0.3, 0.4) is 0 Å². The highest BCUT2D eigenvalue weighted by Crippen LogP contribution is 2.44. The lowest BCUT2D eigenvalue weighted by Crippen LogP contribution is -2.04. The minimum Gasteiger partial charge on any atom is -0.455 e. The fourth-order valence-electron chi connectivity index (χ4n) is 8.98. The van der Waals surface area contributed by atoms with Gasteiger partial charge in [-0.05, 0) is 76.3 Å². The molecule has 3 aromatic heterocycles. The number of aromatic nitrogens is 4. The van der Waals surface area contributed by atoms with Gasteiger partial charge in [0.05, 0.1) is 22.1 Å². The lowest BCUT2D eigenvalue weighted by atomic mass is 9.96. The molecular formula is C57H36N4O. The minimum atomic E-state index is 0.581. The zero-order valence-electron chi connectivity index (χ0n) is 33.5. The van der Waals surface area contributed by atoms with E-state index in [-0.39, 0.29) is 0 Å². The van der Waals surface area contributed by atoms with Crippen molar-refractivity contribution in [3.63, 3.8) is 0 Å². The molecule has 0 amide bonds. The van der Waals surface area contributed by atoms with Crippen LogP contribution in [0, 0.1) is 0 Å². The molecule has 0 fully saturated rings. The van der Waals surface area contributed by atoms with E-state index in [0.717, 1.165) is 99.5 Å². The maximum Gasteiger partial charge on any atom is 0.166 e. The van der Waals surface area contributed by atoms with Gasteiger partial charge < -0.3 is 8.98 Å². The molecule has 5 nitrogen and oxygen atoms in total. The van der Waals surface area contributed by atoms with Gasteiger partial charge in [-0.25, -0.2) is 15.0 Å². The summed E-state index contributed by atoms with van der Waals surface area (Å²) in [6.45, 7) is 0. The molecular weight excluding hydrogens is 757 g/mol. The van der Waals surface area contributed by atoms with Gasteiger partial charge in [-0.1, -0.05) is 170 Å². The third-order valence-electron chi connectivity index (χ3n) is 11.8. The molecule has 9 aromatic carbocycles. The molecule has 5 heteroatoms. The number of furan rings is 1. The van der Waals surface area contributed by atoms with Crippen LogP contribution in [0.1, 0.15) is 0 Å². The van der Waals surface area contributed by atoms with Gasteiger partial charge in [0.15, 0.2) is 17.5 Å². The van der Waals surface area contributed by atoms with Crippen LogP contribution in [0.2, 0.25) is 0 Å². The average Bonchev–Trinajstić information content (AvgIpc) is 3.91. The fraction of sp³-hybridized carbons (Fsp3) is 0. The first-order chi connectivity index (χ1) is 30.7. The van der Waals surface area contributed by atoms with Gasteiger partial charge in [0.25, 0.3) is 0 Å². The molecule has 0 atom stereocenters. The molecule has 12 rings (SSSR count). The Labute approximate surface area is 357 Å². The maximum atomic E-state index is 6.81. The Kier molecular flexibility index (Phi) is 8.42. The second-order valence-electron chi connectivity index (χ2n) is 15.6. The molecule has 0 N–H and O–H groups in total. The summed E-state index contributed by atoms with van der Waals surface area (Å²) in [4.78, 5) is 15.9. The first kappa shape index (κ1) is 35.5. The van der Waals surface area contributed by atoms with E-state index in [9.17, 15) is 0 Å². The quantitative estimate of drug-likeness (QED) is 0.161. The van der Waals surface area contributed by atoms with Crippen molar-refractivity contribution >= 4 is 43.7 Å². The van der Waals surface area contributed by atoms with Crippen LogP contribution in [-0.2, 0) is 0 Å². The van der Waals surface area contributed by atoms with E-state index in [0.29, 0.717) is 17.5 Å². The number of hydrogen-bond acceptors (Lipinski definition) is 4. The number of fused-ring (bicyclic) bond motifs is 7. The molecule has 0 aliphatic carbocycles. The molecule has 0 unspecified atom stereocenters. The number of para-hydroxylation sites is 3. The van der Waals surface area contributed by atoms with Crippen LogP contribution in [0.25, 0.3) is 117 Å². The van der Waals surface area contributed by atoms with Crippen molar-refractivity contribution in [3.8, 4) is 73.2 Å². The lowest BCUT2D eigenvalue weighted by molar-refractivity contribution is 0.670. The van der Waals surface area contributed by atoms with Gasteiger partial charge >= 0.3 is 0 Å². The highest BCUT2D eigenvalue weighted by molar-refractivity contribution is 6.25. The summed E-state index contributed by atoms with van der Waals surface area (Å²) in [7, 11) is 0. The van der Waals surface area contributed by atoms with E-state index in [4.69, 9.17) is 19.4 Å². The van der Waals surface area contributed by atoms with Crippen molar-refractivity contribution < 1.29 is 4.42 Å². The van der Waals surface area contributed by atoms with Gasteiger partial charge in [0, 0.05) is 38.4 Å². The molecule has 0 saturated heterocycles. The summed E-state index contributed by atoms with van der Waals surface area (Å²) in [6.07, 6.45) is 0. The van der Waals surface area contributed by atoms with Gasteiger partial charge in [-0.3, -0.25) is 0 Å². The van der Waals surface area contributed by atoms with Crippen LogP contribution >= 0.6 is 0 Å². The average molecular weight is 793 g/mol. The normalized spacial score (nSPS) is 11.5. The predicted molar refractivity (Wildman–Crippen MR) is 254 cm³/mol. The maximum absolute atomic E-state index is 6.81. The summed E-state index contributed by atoms with van der Waals surface area (Å²) in [5.41, 5.74) is 14.1. The largest absolute Gasteiger partial charge is 0.455 e. The highest BCUT2D eigenvalue weighted by atomic mass is 16.3. The van der Waals surface area contributed by atoms with Crippen LogP contribution in [0.15, 0.2) is 223 Å². The van der Waals surface area contributed by atoms with E-state index in [2.05, 4.69) is 187 Å². The molecule has 290 valence electrons. The molecule has 0 spiro atoms. The van der Waals surface area contributed by atoms with Gasteiger partial charge in [0.2, 0.25) is 0 Å². The molecule has 0 saturated carbocycles. The Morgan fingerprint density at radius 2 is 0.855 bits per heavy atom. The van der Waals surface area contributed by atoms with Crippen molar-refractivity contribution in [3.05, 3.63) is 218 Å². The van der Waals surface area contributed by atoms with Crippen LogP contribution in [0.5, 0.6) is 0 Å². The summed E-state index contributed by atoms with van der Waals surface area (Å²) in [5, 5.41) is 4.42. The first-order valence-electron chi connectivity index (χ1n) is 20.9. The smallest absolute Gasteiger partial charge is 0.166 e. The van der Waals surface area contributed by atoms with E-state index in [1.54, 1.807) is 0 Å². The molecule has 0 bridgehead atoms. The lowest BCUT2D eigenvalue weighted by Gasteiger charge is -2.15. The summed E-state index contributed by atoms with van der Waals surface area (Å²) < 4.78 is 9.19. The highest BCUT2D eigenvalue weighted by Gasteiger charge is 2.23. The van der Waals surface area contributed by atoms with Crippen LogP contribution in [-0.4, -0.2) is 19.5 Å². The summed E-state index contributed by atoms with van der Waals surface area (Å²) in [6, 6.07) is 76.1. The van der Waals surface area contributed by atoms with Gasteiger partial charge in [-0.15, -0.1) is 0 Å². The van der Waals surface area contributed by atoms with Gasteiger partial charge in [0.1, 0.15) is 11.2 Å². The SMILES string of the molecule is c1ccc(-c2cc(-c3ccccc3)cc(-c3nc(-c4ccccc4)nc(-c4ccccc4-n4c5ccccc5c5ccc6oc7c(-c8ccccc8)cccc7c6c54)n3)c2)cc1. The van der Waals surface area contributed by atoms with Crippen LogP contribution in [0.4, 0.5) is 0 Å². The standard InChI is InChI=1S/C57H36N4O/c1-5-18-37(19-6-1)41-34-42(38-20-7-2-8-21-38)36-43(35-41)56-58-55(40-24-11-4-12-25-40)59-57(60-56)47-27-14-16-31-50(47)61-49-30-15-13-26-45(49)46-32-33-51-52(53(46)61)48-29-17-28-44(54(48)62-51)39-22-9-3-10-23-39/h1-36H. The van der Waals surface area contributed by atoms with E-state index < -0.39 is 0 Å². The van der Waals surface area contributed by atoms with Crippen molar-refractivity contribution in [2.24, 2.45) is 0 Å². The van der Waals surface area contributed by atoms with E-state index in [1.807, 2.05) is 36.4 Å². The van der Waals surface area contributed by atoms with Crippen molar-refractivity contribution in [1.29, 1.82) is 0 Å². The Hall–Kier alpha value is -8.41. The van der Waals surface area contributed by atoms with Crippen molar-refractivity contribution in [2.45, 2.75) is 0 Å². The first-order valence-corrected chi connectivity index (χ1v) is 20.9. The molecule has 0 aliphatic rings. The zero-order chi connectivity index (χ0) is 41.0. The zero-order valence-corrected chi connectivity index (χ0v) is 33.5. The molecule has 0 radical (unpaired) electrons. The predicted octanol–water partition coefficient (Wildman–Crippen LogP) is 14.9. The topological polar surface area (TPSA) is 56.7 Å². The van der Waals surface area contributed by atoms with E-state index in [1.165, 1.54) is 0 Å². The van der Waals surface area contributed by atoms with Crippen molar-refractivity contribution in [1.82, 2.24) is 19.5 Å². The monoisotopic (exact) mass is 792 g/mol. The van der Waals surface area contributed by atoms with Crippen molar-refractivity contribution in [2.75, 3.05) is 0 Å². The number of nitrogens with zero attached hydrogens (tertiary/aromatic N) is 4. The molecule has 3 heterocycles. The third kappa shape index (κ3) is 5.98. The Morgan fingerprint density at radius 3 is 1.55 bits per heavy atom. The number of benzene rings is 9. The van der Waals surface area contributed by atoms with E-state index >= 15 is 0 Å². The Balaban J connectivity index is 1.13. The summed E-state index contributed by atoms with van der Waals surface area (Å²) >= 11 is 0. The molecule has 62 heavy (non-hydrogen) atoms. The Morgan fingerprint density at radius 1 is 0.339 bits per heavy atom. The summed E-state index contributed by atoms with van der Waals surface area (Å²) in [5.74, 6) is 1.78. The second kappa shape index (κ2) is 14.7. The Bertz CT molecular complexity index is 3560. The minimum absolute atomic E-state index is 0.581. The molecule has 12 aromatic rings.